The molecule has 0 aliphatic carbocycles. The molecular weight excluding hydrogens is 397 g/mol. The Morgan fingerprint density at radius 3 is 2.74 bits per heavy atom. The van der Waals surface area contributed by atoms with Crippen LogP contribution in [0.1, 0.15) is 16.2 Å². The summed E-state index contributed by atoms with van der Waals surface area (Å²) in [5.41, 5.74) is 1.01. The van der Waals surface area contributed by atoms with Crippen LogP contribution in [0, 0.1) is 6.92 Å². The van der Waals surface area contributed by atoms with Gasteiger partial charge in [0.2, 0.25) is 0 Å². The maximum Gasteiger partial charge on any atom is 0.156 e. The SMILES string of the molecule is Cc1nc(Cl)c(C=O)c(Nc2cc(Br)ccc2Br)n1. The van der Waals surface area contributed by atoms with Crippen LogP contribution in [-0.4, -0.2) is 16.3 Å². The summed E-state index contributed by atoms with van der Waals surface area (Å²) in [6.07, 6.45) is 0.635. The number of halogens is 3. The number of hydrogen-bond donors (Lipinski definition) is 1. The van der Waals surface area contributed by atoms with Crippen LogP contribution >= 0.6 is 43.5 Å². The minimum Gasteiger partial charge on any atom is -0.339 e. The van der Waals surface area contributed by atoms with Gasteiger partial charge in [-0.2, -0.15) is 0 Å². The summed E-state index contributed by atoms with van der Waals surface area (Å²) in [4.78, 5) is 19.2. The van der Waals surface area contributed by atoms with Gasteiger partial charge < -0.3 is 5.32 Å². The van der Waals surface area contributed by atoms with Crippen LogP contribution in [0.25, 0.3) is 0 Å². The van der Waals surface area contributed by atoms with Gasteiger partial charge in [-0.1, -0.05) is 27.5 Å². The average Bonchev–Trinajstić information content (AvgIpc) is 2.33. The number of aryl methyl sites for hydroxylation is 1. The first-order valence-electron chi connectivity index (χ1n) is 5.22. The van der Waals surface area contributed by atoms with Gasteiger partial charge >= 0.3 is 0 Å². The number of hydrogen-bond acceptors (Lipinski definition) is 4. The van der Waals surface area contributed by atoms with Crippen molar-refractivity contribution in [3.05, 3.63) is 43.7 Å². The van der Waals surface area contributed by atoms with E-state index in [2.05, 4.69) is 47.1 Å². The molecule has 1 heterocycles. The van der Waals surface area contributed by atoms with Crippen molar-refractivity contribution in [3.63, 3.8) is 0 Å². The lowest BCUT2D eigenvalue weighted by Gasteiger charge is -2.11. The second-order valence-corrected chi connectivity index (χ2v) is 5.82. The summed E-state index contributed by atoms with van der Waals surface area (Å²) >= 11 is 12.7. The number of aldehydes is 1. The van der Waals surface area contributed by atoms with Crippen molar-refractivity contribution in [1.29, 1.82) is 0 Å². The zero-order valence-corrected chi connectivity index (χ0v) is 13.7. The van der Waals surface area contributed by atoms with Gasteiger partial charge in [-0.15, -0.1) is 0 Å². The number of rotatable bonds is 3. The van der Waals surface area contributed by atoms with Crippen molar-refractivity contribution in [2.45, 2.75) is 6.92 Å². The molecule has 0 bridgehead atoms. The molecule has 0 saturated carbocycles. The lowest BCUT2D eigenvalue weighted by molar-refractivity contribution is 0.112. The third-order valence-corrected chi connectivity index (χ3v) is 3.78. The summed E-state index contributed by atoms with van der Waals surface area (Å²) in [6, 6.07) is 5.64. The topological polar surface area (TPSA) is 54.9 Å². The number of aromatic nitrogens is 2. The van der Waals surface area contributed by atoms with E-state index in [1.165, 1.54) is 0 Å². The fourth-order valence-corrected chi connectivity index (χ4v) is 2.43. The van der Waals surface area contributed by atoms with Crippen LogP contribution < -0.4 is 5.32 Å². The molecule has 0 radical (unpaired) electrons. The molecule has 7 heteroatoms. The molecule has 0 unspecified atom stereocenters. The van der Waals surface area contributed by atoms with Gasteiger partial charge in [-0.3, -0.25) is 4.79 Å². The molecule has 0 aliphatic rings. The number of nitrogens with zero attached hydrogens (tertiary/aromatic N) is 2. The minimum absolute atomic E-state index is 0.135. The van der Waals surface area contributed by atoms with Crippen molar-refractivity contribution < 1.29 is 4.79 Å². The molecular formula is C12H8Br2ClN3O. The van der Waals surface area contributed by atoms with Crippen molar-refractivity contribution in [1.82, 2.24) is 9.97 Å². The standard InChI is InChI=1S/C12H8Br2ClN3O/c1-6-16-11(15)8(5-19)12(17-6)18-10-4-7(13)2-3-9(10)14/h2-5H,1H3,(H,16,17,18). The van der Waals surface area contributed by atoms with Crippen LogP contribution in [0.15, 0.2) is 27.1 Å². The first kappa shape index (κ1) is 14.4. The van der Waals surface area contributed by atoms with Gasteiger partial charge in [-0.25, -0.2) is 9.97 Å². The lowest BCUT2D eigenvalue weighted by atomic mass is 10.3. The first-order valence-corrected chi connectivity index (χ1v) is 7.19. The fraction of sp³-hybridized carbons (Fsp3) is 0.0833. The Morgan fingerprint density at radius 2 is 2.05 bits per heavy atom. The van der Waals surface area contributed by atoms with Gasteiger partial charge in [0.15, 0.2) is 6.29 Å². The Kier molecular flexibility index (Phi) is 4.54. The van der Waals surface area contributed by atoms with Crippen molar-refractivity contribution in [2.24, 2.45) is 0 Å². The molecule has 1 aromatic heterocycles. The zero-order valence-electron chi connectivity index (χ0n) is 9.75. The predicted molar refractivity (Wildman–Crippen MR) is 82.3 cm³/mol. The summed E-state index contributed by atoms with van der Waals surface area (Å²) in [5, 5.41) is 3.21. The second kappa shape index (κ2) is 5.98. The van der Waals surface area contributed by atoms with E-state index in [4.69, 9.17) is 11.6 Å². The highest BCUT2D eigenvalue weighted by Gasteiger charge is 2.12. The Hall–Kier alpha value is -0.980. The molecule has 0 aliphatic heterocycles. The molecule has 19 heavy (non-hydrogen) atoms. The lowest BCUT2D eigenvalue weighted by Crippen LogP contribution is -2.03. The maximum absolute atomic E-state index is 11.1. The molecule has 0 spiro atoms. The Morgan fingerprint density at radius 1 is 1.32 bits per heavy atom. The van der Waals surface area contributed by atoms with E-state index in [1.54, 1.807) is 6.92 Å². The van der Waals surface area contributed by atoms with Crippen molar-refractivity contribution in [2.75, 3.05) is 5.32 Å². The zero-order chi connectivity index (χ0) is 14.0. The quantitative estimate of drug-likeness (QED) is 0.603. The van der Waals surface area contributed by atoms with Gasteiger partial charge in [0, 0.05) is 8.95 Å². The van der Waals surface area contributed by atoms with Crippen LogP contribution in [0.3, 0.4) is 0 Å². The Bertz CT molecular complexity index is 649. The smallest absolute Gasteiger partial charge is 0.156 e. The highest BCUT2D eigenvalue weighted by molar-refractivity contribution is 9.11. The van der Waals surface area contributed by atoms with Crippen molar-refractivity contribution in [3.8, 4) is 0 Å². The van der Waals surface area contributed by atoms with E-state index >= 15 is 0 Å². The molecule has 0 atom stereocenters. The second-order valence-electron chi connectivity index (χ2n) is 3.69. The molecule has 98 valence electrons. The highest BCUT2D eigenvalue weighted by Crippen LogP contribution is 2.30. The number of nitrogens with one attached hydrogen (secondary N) is 1. The molecule has 4 nitrogen and oxygen atoms in total. The number of benzene rings is 1. The summed E-state index contributed by atoms with van der Waals surface area (Å²) in [7, 11) is 0. The molecule has 1 N–H and O–H groups in total. The molecule has 0 fully saturated rings. The van der Waals surface area contributed by atoms with Gasteiger partial charge in [0.05, 0.1) is 11.3 Å². The summed E-state index contributed by atoms with van der Waals surface area (Å²) < 4.78 is 1.75. The van der Waals surface area contributed by atoms with Crippen molar-refractivity contribution >= 4 is 61.3 Å². The van der Waals surface area contributed by atoms with Crippen LogP contribution in [0.4, 0.5) is 11.5 Å². The van der Waals surface area contributed by atoms with Crippen LogP contribution in [0.5, 0.6) is 0 Å². The van der Waals surface area contributed by atoms with E-state index in [-0.39, 0.29) is 10.7 Å². The molecule has 2 rings (SSSR count). The van der Waals surface area contributed by atoms with Gasteiger partial charge in [-0.05, 0) is 41.1 Å². The summed E-state index contributed by atoms with van der Waals surface area (Å²) in [6.45, 7) is 1.71. The maximum atomic E-state index is 11.1. The summed E-state index contributed by atoms with van der Waals surface area (Å²) in [5.74, 6) is 0.871. The Balaban J connectivity index is 2.48. The normalized spacial score (nSPS) is 10.3. The predicted octanol–water partition coefficient (Wildman–Crippen LogP) is 4.52. The number of anilines is 2. The third kappa shape index (κ3) is 3.32. The van der Waals surface area contributed by atoms with E-state index in [0.717, 1.165) is 14.6 Å². The van der Waals surface area contributed by atoms with E-state index < -0.39 is 0 Å². The molecule has 0 saturated heterocycles. The molecule has 1 aromatic carbocycles. The monoisotopic (exact) mass is 403 g/mol. The van der Waals surface area contributed by atoms with Gasteiger partial charge in [0.25, 0.3) is 0 Å². The van der Waals surface area contributed by atoms with E-state index in [0.29, 0.717) is 17.9 Å². The molecule has 2 aromatic rings. The largest absolute Gasteiger partial charge is 0.339 e. The van der Waals surface area contributed by atoms with Gasteiger partial charge in [0.1, 0.15) is 16.8 Å². The average molecular weight is 405 g/mol. The first-order chi connectivity index (χ1) is 9.01. The van der Waals surface area contributed by atoms with E-state index in [9.17, 15) is 4.79 Å². The van der Waals surface area contributed by atoms with Crippen LogP contribution in [-0.2, 0) is 0 Å². The minimum atomic E-state index is 0.135. The number of carbonyl (C=O) groups is 1. The third-order valence-electron chi connectivity index (χ3n) is 2.31. The highest BCUT2D eigenvalue weighted by atomic mass is 79.9. The molecule has 0 amide bonds. The van der Waals surface area contributed by atoms with Crippen LogP contribution in [0.2, 0.25) is 5.15 Å². The number of carbonyl (C=O) groups excluding carboxylic acids is 1. The fourth-order valence-electron chi connectivity index (χ4n) is 1.47. The Labute approximate surface area is 131 Å². The van der Waals surface area contributed by atoms with E-state index in [1.807, 2.05) is 18.2 Å².